The molecular formula is C21H29Cl2N3OS. The van der Waals surface area contributed by atoms with Gasteiger partial charge in [0.1, 0.15) is 0 Å². The summed E-state index contributed by atoms with van der Waals surface area (Å²) in [6, 6.07) is 12.9. The predicted molar refractivity (Wildman–Crippen MR) is 121 cm³/mol. The van der Waals surface area contributed by atoms with Crippen LogP contribution in [-0.2, 0) is 17.8 Å². The van der Waals surface area contributed by atoms with E-state index < -0.39 is 5.54 Å². The molecule has 1 aliphatic carbocycles. The smallest absolute Gasteiger partial charge is 0.240 e. The number of nitrogens with zero attached hydrogens (tertiary/aromatic N) is 1. The molecule has 0 spiro atoms. The number of benzene rings is 1. The Morgan fingerprint density at radius 2 is 1.89 bits per heavy atom. The van der Waals surface area contributed by atoms with Crippen molar-refractivity contribution < 1.29 is 4.79 Å². The molecule has 28 heavy (non-hydrogen) atoms. The second-order valence-corrected chi connectivity index (χ2v) is 8.59. The first kappa shape index (κ1) is 23.2. The maximum absolute atomic E-state index is 12.7. The van der Waals surface area contributed by atoms with E-state index in [0.29, 0.717) is 6.54 Å². The molecule has 0 saturated heterocycles. The Bertz CT molecular complexity index is 762. The van der Waals surface area contributed by atoms with Crippen LogP contribution in [-0.4, -0.2) is 29.4 Å². The summed E-state index contributed by atoms with van der Waals surface area (Å²) in [6.45, 7) is 2.58. The van der Waals surface area contributed by atoms with E-state index in [0.717, 1.165) is 45.2 Å². The molecule has 1 atom stereocenters. The van der Waals surface area contributed by atoms with E-state index in [4.69, 9.17) is 5.73 Å². The molecule has 0 radical (unpaired) electrons. The van der Waals surface area contributed by atoms with E-state index in [1.54, 1.807) is 0 Å². The van der Waals surface area contributed by atoms with Crippen LogP contribution in [0.25, 0.3) is 0 Å². The van der Waals surface area contributed by atoms with Crippen LogP contribution in [0.15, 0.2) is 41.8 Å². The van der Waals surface area contributed by atoms with E-state index in [1.807, 2.05) is 17.4 Å². The summed E-state index contributed by atoms with van der Waals surface area (Å²) in [6.07, 6.45) is 4.80. The average molecular weight is 442 g/mol. The van der Waals surface area contributed by atoms with E-state index in [2.05, 4.69) is 45.9 Å². The lowest BCUT2D eigenvalue weighted by atomic mass is 9.97. The summed E-state index contributed by atoms with van der Waals surface area (Å²) in [7, 11) is 0. The second kappa shape index (κ2) is 10.1. The maximum atomic E-state index is 12.7. The quantitative estimate of drug-likeness (QED) is 0.734. The fraction of sp³-hybridized carbons (Fsp3) is 0.476. The fourth-order valence-corrected chi connectivity index (χ4v) is 5.16. The third-order valence-corrected chi connectivity index (χ3v) is 6.89. The summed E-state index contributed by atoms with van der Waals surface area (Å²) in [5.74, 6) is 0.0177. The molecule has 0 bridgehead atoms. The maximum Gasteiger partial charge on any atom is 0.240 e. The number of amides is 1. The Kier molecular flexibility index (Phi) is 8.34. The van der Waals surface area contributed by atoms with Gasteiger partial charge in [-0.05, 0) is 41.8 Å². The molecular weight excluding hydrogens is 413 g/mol. The first-order valence-corrected chi connectivity index (χ1v) is 10.5. The van der Waals surface area contributed by atoms with Crippen molar-refractivity contribution in [2.24, 2.45) is 5.73 Å². The topological polar surface area (TPSA) is 58.4 Å². The highest BCUT2D eigenvalue weighted by atomic mass is 35.5. The summed E-state index contributed by atoms with van der Waals surface area (Å²) in [5, 5.41) is 5.36. The molecule has 1 aliphatic heterocycles. The largest absolute Gasteiger partial charge is 0.353 e. The third-order valence-electron chi connectivity index (χ3n) is 5.87. The van der Waals surface area contributed by atoms with Crippen molar-refractivity contribution in [3.05, 3.63) is 57.8 Å². The van der Waals surface area contributed by atoms with E-state index in [9.17, 15) is 4.79 Å². The molecule has 7 heteroatoms. The Morgan fingerprint density at radius 3 is 2.61 bits per heavy atom. The predicted octanol–water partition coefficient (Wildman–Crippen LogP) is 4.08. The van der Waals surface area contributed by atoms with Crippen molar-refractivity contribution in [2.75, 3.05) is 13.1 Å². The number of thiophene rings is 1. The third kappa shape index (κ3) is 4.89. The number of nitrogens with one attached hydrogen (secondary N) is 1. The zero-order chi connectivity index (χ0) is 18.0. The van der Waals surface area contributed by atoms with Gasteiger partial charge in [0.2, 0.25) is 5.91 Å². The SMILES string of the molecule is Cl.Cl.NC1(C(=O)NCC(c2ccccc2)N2CCc3sccc3C2)CCCC1. The number of hydrogen-bond donors (Lipinski definition) is 2. The zero-order valence-electron chi connectivity index (χ0n) is 15.9. The van der Waals surface area contributed by atoms with Gasteiger partial charge in [0.25, 0.3) is 0 Å². The number of nitrogens with two attached hydrogens (primary N) is 1. The van der Waals surface area contributed by atoms with Crippen LogP contribution in [0.1, 0.15) is 47.7 Å². The summed E-state index contributed by atoms with van der Waals surface area (Å²) < 4.78 is 0. The van der Waals surface area contributed by atoms with Crippen LogP contribution < -0.4 is 11.1 Å². The average Bonchev–Trinajstić information content (AvgIpc) is 3.32. The monoisotopic (exact) mass is 441 g/mol. The minimum absolute atomic E-state index is 0. The van der Waals surface area contributed by atoms with Gasteiger partial charge in [-0.1, -0.05) is 43.2 Å². The summed E-state index contributed by atoms with van der Waals surface area (Å²) in [5.41, 5.74) is 8.35. The van der Waals surface area contributed by atoms with E-state index in [1.165, 1.54) is 16.0 Å². The molecule has 2 heterocycles. The lowest BCUT2D eigenvalue weighted by Gasteiger charge is -2.35. The highest BCUT2D eigenvalue weighted by Gasteiger charge is 2.37. The molecule has 154 valence electrons. The van der Waals surface area contributed by atoms with E-state index >= 15 is 0 Å². The molecule has 1 aromatic carbocycles. The number of halogens is 2. The van der Waals surface area contributed by atoms with Gasteiger partial charge in [-0.2, -0.15) is 0 Å². The van der Waals surface area contributed by atoms with Gasteiger partial charge in [-0.15, -0.1) is 36.2 Å². The molecule has 1 unspecified atom stereocenters. The molecule has 2 aliphatic rings. The molecule has 1 fully saturated rings. The van der Waals surface area contributed by atoms with Crippen molar-refractivity contribution in [1.29, 1.82) is 0 Å². The Hall–Kier alpha value is -1.11. The number of fused-ring (bicyclic) bond motifs is 1. The van der Waals surface area contributed by atoms with Crippen LogP contribution in [0.3, 0.4) is 0 Å². The number of carbonyl (C=O) groups excluding carboxylic acids is 1. The van der Waals surface area contributed by atoms with Gasteiger partial charge in [-0.25, -0.2) is 0 Å². The highest BCUT2D eigenvalue weighted by molar-refractivity contribution is 7.10. The molecule has 1 amide bonds. The lowest BCUT2D eigenvalue weighted by molar-refractivity contribution is -0.126. The first-order chi connectivity index (χ1) is 12.7. The number of carbonyl (C=O) groups is 1. The minimum atomic E-state index is -0.663. The minimum Gasteiger partial charge on any atom is -0.353 e. The van der Waals surface area contributed by atoms with Crippen molar-refractivity contribution in [3.63, 3.8) is 0 Å². The van der Waals surface area contributed by atoms with E-state index in [-0.39, 0.29) is 36.8 Å². The summed E-state index contributed by atoms with van der Waals surface area (Å²) >= 11 is 1.86. The van der Waals surface area contributed by atoms with Crippen LogP contribution in [0.5, 0.6) is 0 Å². The highest BCUT2D eigenvalue weighted by Crippen LogP contribution is 2.31. The fourth-order valence-electron chi connectivity index (χ4n) is 4.27. The van der Waals surface area contributed by atoms with Crippen molar-refractivity contribution >= 4 is 42.1 Å². The van der Waals surface area contributed by atoms with Crippen molar-refractivity contribution in [2.45, 2.75) is 50.2 Å². The van der Waals surface area contributed by atoms with Gasteiger partial charge >= 0.3 is 0 Å². The molecule has 4 nitrogen and oxygen atoms in total. The normalized spacial score (nSPS) is 19.0. The standard InChI is InChI=1S/C21H27N3OS.2ClH/c22-21(10-4-5-11-21)20(25)23-14-18(16-6-2-1-3-7-16)24-12-8-19-17(15-24)9-13-26-19;;/h1-3,6-7,9,13,18H,4-5,8,10-12,14-15,22H2,(H,23,25);2*1H. The summed E-state index contributed by atoms with van der Waals surface area (Å²) in [4.78, 5) is 16.7. The van der Waals surface area contributed by atoms with Crippen molar-refractivity contribution in [1.82, 2.24) is 10.2 Å². The van der Waals surface area contributed by atoms with Gasteiger partial charge in [-0.3, -0.25) is 9.69 Å². The first-order valence-electron chi connectivity index (χ1n) is 9.57. The molecule has 3 N–H and O–H groups in total. The van der Waals surface area contributed by atoms with Crippen molar-refractivity contribution in [3.8, 4) is 0 Å². The van der Waals surface area contributed by atoms with Gasteiger partial charge in [0.05, 0.1) is 11.6 Å². The number of hydrogen-bond acceptors (Lipinski definition) is 4. The van der Waals surface area contributed by atoms with Gasteiger partial charge < -0.3 is 11.1 Å². The van der Waals surface area contributed by atoms with Crippen LogP contribution in [0.4, 0.5) is 0 Å². The molecule has 4 rings (SSSR count). The van der Waals surface area contributed by atoms with Crippen LogP contribution in [0, 0.1) is 0 Å². The van der Waals surface area contributed by atoms with Gasteiger partial charge in [0, 0.05) is 24.5 Å². The Balaban J connectivity index is 0.00000140. The van der Waals surface area contributed by atoms with Crippen LogP contribution >= 0.6 is 36.2 Å². The van der Waals surface area contributed by atoms with Crippen LogP contribution in [0.2, 0.25) is 0 Å². The lowest BCUT2D eigenvalue weighted by Crippen LogP contribution is -2.53. The Labute approximate surface area is 183 Å². The second-order valence-electron chi connectivity index (χ2n) is 7.59. The van der Waals surface area contributed by atoms with Gasteiger partial charge in [0.15, 0.2) is 0 Å². The molecule has 1 aromatic heterocycles. The molecule has 1 saturated carbocycles. The Morgan fingerprint density at radius 1 is 1.18 bits per heavy atom. The number of rotatable bonds is 5. The zero-order valence-corrected chi connectivity index (χ0v) is 18.4. The molecule has 2 aromatic rings.